The van der Waals surface area contributed by atoms with Crippen molar-refractivity contribution in [2.75, 3.05) is 13.7 Å². The molecule has 0 fully saturated rings. The summed E-state index contributed by atoms with van der Waals surface area (Å²) >= 11 is 0. The fourth-order valence-electron chi connectivity index (χ4n) is 0.846. The van der Waals surface area contributed by atoms with Crippen molar-refractivity contribution in [3.05, 3.63) is 0 Å². The molecule has 0 aromatic heterocycles. The van der Waals surface area contributed by atoms with Crippen molar-refractivity contribution in [2.45, 2.75) is 45.8 Å². The Hall–Kier alpha value is -0.0800. The minimum Gasteiger partial charge on any atom is -0.356 e. The van der Waals surface area contributed by atoms with Crippen molar-refractivity contribution in [2.24, 2.45) is 0 Å². The first-order chi connectivity index (χ1) is 5.31. The maximum Gasteiger partial charge on any atom is 0.154 e. The van der Waals surface area contributed by atoms with Gasteiger partial charge in [-0.05, 0) is 13.3 Å². The summed E-state index contributed by atoms with van der Waals surface area (Å²) in [5.41, 5.74) is 0. The zero-order valence-corrected chi connectivity index (χ0v) is 7.93. The van der Waals surface area contributed by atoms with E-state index in [4.69, 9.17) is 9.47 Å². The molecule has 0 aromatic rings. The number of hydrogen-bond acceptors (Lipinski definition) is 2. The molecule has 0 aliphatic heterocycles. The van der Waals surface area contributed by atoms with Gasteiger partial charge in [0.15, 0.2) is 6.29 Å². The normalized spacial score (nSPS) is 13.4. The largest absolute Gasteiger partial charge is 0.356 e. The quantitative estimate of drug-likeness (QED) is 0.421. The molecule has 0 rings (SSSR count). The summed E-state index contributed by atoms with van der Waals surface area (Å²) in [6, 6.07) is 0. The zero-order chi connectivity index (χ0) is 8.53. The van der Waals surface area contributed by atoms with Crippen molar-refractivity contribution in [3.63, 3.8) is 0 Å². The van der Waals surface area contributed by atoms with Crippen molar-refractivity contribution in [3.8, 4) is 0 Å². The van der Waals surface area contributed by atoms with Gasteiger partial charge in [-0.2, -0.15) is 0 Å². The van der Waals surface area contributed by atoms with Gasteiger partial charge in [0.05, 0.1) is 0 Å². The molecule has 0 aliphatic carbocycles. The number of unbranched alkanes of at least 4 members (excludes halogenated alkanes) is 3. The molecule has 0 amide bonds. The second kappa shape index (κ2) is 8.02. The molecule has 0 saturated heterocycles. The molecule has 0 radical (unpaired) electrons. The van der Waals surface area contributed by atoms with Crippen LogP contribution in [-0.4, -0.2) is 20.0 Å². The summed E-state index contributed by atoms with van der Waals surface area (Å²) in [5, 5.41) is 0. The molecule has 0 spiro atoms. The fourth-order valence-corrected chi connectivity index (χ4v) is 0.846. The van der Waals surface area contributed by atoms with Crippen molar-refractivity contribution < 1.29 is 9.47 Å². The minimum absolute atomic E-state index is 0.0448. The van der Waals surface area contributed by atoms with Crippen LogP contribution in [0.25, 0.3) is 0 Å². The van der Waals surface area contributed by atoms with Gasteiger partial charge < -0.3 is 9.47 Å². The van der Waals surface area contributed by atoms with Crippen molar-refractivity contribution >= 4 is 0 Å². The molecule has 0 saturated carbocycles. The molecule has 0 bridgehead atoms. The van der Waals surface area contributed by atoms with E-state index in [-0.39, 0.29) is 6.29 Å². The molecule has 0 aromatic carbocycles. The van der Waals surface area contributed by atoms with E-state index in [2.05, 4.69) is 6.92 Å². The number of ether oxygens (including phenoxy) is 2. The summed E-state index contributed by atoms with van der Waals surface area (Å²) in [7, 11) is 1.66. The highest BCUT2D eigenvalue weighted by molar-refractivity contribution is 4.39. The first-order valence-corrected chi connectivity index (χ1v) is 4.45. The van der Waals surface area contributed by atoms with Gasteiger partial charge in [0.25, 0.3) is 0 Å². The molecular formula is C9H20O2. The van der Waals surface area contributed by atoms with Gasteiger partial charge in [0.2, 0.25) is 0 Å². The van der Waals surface area contributed by atoms with Gasteiger partial charge in [-0.3, -0.25) is 0 Å². The zero-order valence-electron chi connectivity index (χ0n) is 7.93. The molecule has 2 heteroatoms. The highest BCUT2D eigenvalue weighted by atomic mass is 16.7. The van der Waals surface area contributed by atoms with E-state index in [1.165, 1.54) is 19.3 Å². The van der Waals surface area contributed by atoms with Crippen LogP contribution >= 0.6 is 0 Å². The summed E-state index contributed by atoms with van der Waals surface area (Å²) in [6.07, 6.45) is 4.97. The molecular weight excluding hydrogens is 140 g/mol. The van der Waals surface area contributed by atoms with Crippen molar-refractivity contribution in [1.29, 1.82) is 0 Å². The van der Waals surface area contributed by atoms with Crippen LogP contribution in [0.5, 0.6) is 0 Å². The standard InChI is InChI=1S/C9H20O2/c1-4-5-6-7-8-11-9(2)10-3/h9H,4-8H2,1-3H3/t9-/m0/s1. The predicted molar refractivity (Wildman–Crippen MR) is 46.6 cm³/mol. The highest BCUT2D eigenvalue weighted by Gasteiger charge is 1.96. The van der Waals surface area contributed by atoms with E-state index in [0.29, 0.717) is 0 Å². The van der Waals surface area contributed by atoms with E-state index < -0.39 is 0 Å². The lowest BCUT2D eigenvalue weighted by molar-refractivity contribution is -0.111. The van der Waals surface area contributed by atoms with Crippen LogP contribution in [0.1, 0.15) is 39.5 Å². The number of rotatable bonds is 7. The smallest absolute Gasteiger partial charge is 0.154 e. The Kier molecular flexibility index (Phi) is 7.96. The molecule has 0 aliphatic rings. The molecule has 2 nitrogen and oxygen atoms in total. The molecule has 1 atom stereocenters. The molecule has 11 heavy (non-hydrogen) atoms. The van der Waals surface area contributed by atoms with Crippen LogP contribution in [0.2, 0.25) is 0 Å². The van der Waals surface area contributed by atoms with Gasteiger partial charge >= 0.3 is 0 Å². The van der Waals surface area contributed by atoms with Gasteiger partial charge in [0, 0.05) is 13.7 Å². The highest BCUT2D eigenvalue weighted by Crippen LogP contribution is 2.00. The van der Waals surface area contributed by atoms with E-state index >= 15 is 0 Å². The van der Waals surface area contributed by atoms with E-state index in [1.807, 2.05) is 6.92 Å². The molecule has 0 heterocycles. The number of methoxy groups -OCH3 is 1. The lowest BCUT2D eigenvalue weighted by Crippen LogP contribution is -2.10. The Balaban J connectivity index is 2.89. The Morgan fingerprint density at radius 3 is 2.45 bits per heavy atom. The monoisotopic (exact) mass is 160 g/mol. The molecule has 0 N–H and O–H groups in total. The summed E-state index contributed by atoms with van der Waals surface area (Å²) in [6.45, 7) is 4.95. The van der Waals surface area contributed by atoms with Crippen LogP contribution in [0, 0.1) is 0 Å². The first kappa shape index (κ1) is 10.9. The fraction of sp³-hybridized carbons (Fsp3) is 1.00. The summed E-state index contributed by atoms with van der Waals surface area (Å²) < 4.78 is 10.2. The van der Waals surface area contributed by atoms with Crippen LogP contribution in [0.4, 0.5) is 0 Å². The maximum absolute atomic E-state index is 5.32. The lowest BCUT2D eigenvalue weighted by atomic mass is 10.2. The first-order valence-electron chi connectivity index (χ1n) is 4.45. The average molecular weight is 160 g/mol. The van der Waals surface area contributed by atoms with Crippen LogP contribution in [0.3, 0.4) is 0 Å². The predicted octanol–water partition coefficient (Wildman–Crippen LogP) is 2.58. The maximum atomic E-state index is 5.32. The van der Waals surface area contributed by atoms with Crippen LogP contribution < -0.4 is 0 Å². The Morgan fingerprint density at radius 1 is 1.18 bits per heavy atom. The van der Waals surface area contributed by atoms with Gasteiger partial charge in [-0.15, -0.1) is 0 Å². The van der Waals surface area contributed by atoms with E-state index in [9.17, 15) is 0 Å². The second-order valence-electron chi connectivity index (χ2n) is 2.73. The van der Waals surface area contributed by atoms with Crippen molar-refractivity contribution in [1.82, 2.24) is 0 Å². The second-order valence-corrected chi connectivity index (χ2v) is 2.73. The van der Waals surface area contributed by atoms with E-state index in [1.54, 1.807) is 7.11 Å². The van der Waals surface area contributed by atoms with Gasteiger partial charge in [-0.25, -0.2) is 0 Å². The third-order valence-corrected chi connectivity index (χ3v) is 1.68. The Labute approximate surface area is 69.9 Å². The number of hydrogen-bond donors (Lipinski definition) is 0. The van der Waals surface area contributed by atoms with Crippen LogP contribution in [-0.2, 0) is 9.47 Å². The minimum atomic E-state index is -0.0448. The van der Waals surface area contributed by atoms with E-state index in [0.717, 1.165) is 13.0 Å². The third kappa shape index (κ3) is 7.82. The van der Waals surface area contributed by atoms with Crippen LogP contribution in [0.15, 0.2) is 0 Å². The third-order valence-electron chi connectivity index (χ3n) is 1.68. The average Bonchev–Trinajstić information content (AvgIpc) is 2.04. The molecule has 68 valence electrons. The SMILES string of the molecule is CCCCCCO[C@@H](C)OC. The summed E-state index contributed by atoms with van der Waals surface area (Å²) in [5.74, 6) is 0. The lowest BCUT2D eigenvalue weighted by Gasteiger charge is -2.09. The molecule has 0 unspecified atom stereocenters. The summed E-state index contributed by atoms with van der Waals surface area (Å²) in [4.78, 5) is 0. The topological polar surface area (TPSA) is 18.5 Å². The Morgan fingerprint density at radius 2 is 1.91 bits per heavy atom. The van der Waals surface area contributed by atoms with Gasteiger partial charge in [0.1, 0.15) is 0 Å². The van der Waals surface area contributed by atoms with Gasteiger partial charge in [-0.1, -0.05) is 26.2 Å². The Bertz CT molecular complexity index is 74.0.